The lowest BCUT2D eigenvalue weighted by atomic mass is 10.1. The minimum absolute atomic E-state index is 0.400. The van der Waals surface area contributed by atoms with Crippen LogP contribution >= 0.6 is 0 Å². The minimum atomic E-state index is 0.400. The van der Waals surface area contributed by atoms with Crippen LogP contribution in [0.3, 0.4) is 0 Å². The van der Waals surface area contributed by atoms with Gasteiger partial charge < -0.3 is 10.2 Å². The second kappa shape index (κ2) is 6.78. The molecule has 1 aromatic heterocycles. The normalized spacial score (nSPS) is 19.5. The molecule has 0 amide bonds. The molecule has 116 valence electrons. The fourth-order valence-electron chi connectivity index (χ4n) is 2.98. The van der Waals surface area contributed by atoms with Crippen molar-refractivity contribution in [2.24, 2.45) is 5.92 Å². The van der Waals surface area contributed by atoms with Gasteiger partial charge in [0.15, 0.2) is 0 Å². The van der Waals surface area contributed by atoms with E-state index in [1.54, 1.807) is 0 Å². The molecule has 2 fully saturated rings. The van der Waals surface area contributed by atoms with E-state index in [1.165, 1.54) is 50.0 Å². The van der Waals surface area contributed by atoms with Gasteiger partial charge in [-0.3, -0.25) is 4.98 Å². The highest BCUT2D eigenvalue weighted by atomic mass is 15.2. The van der Waals surface area contributed by atoms with Gasteiger partial charge in [0.05, 0.1) is 17.6 Å². The van der Waals surface area contributed by atoms with Crippen LogP contribution in [0.5, 0.6) is 0 Å². The Morgan fingerprint density at radius 3 is 2.57 bits per heavy atom. The topological polar surface area (TPSA) is 28.2 Å². The average molecular weight is 287 g/mol. The van der Waals surface area contributed by atoms with Gasteiger partial charge in [0, 0.05) is 18.6 Å². The van der Waals surface area contributed by atoms with Crippen molar-refractivity contribution >= 4 is 5.69 Å². The number of nitrogens with one attached hydrogen (secondary N) is 1. The van der Waals surface area contributed by atoms with Crippen LogP contribution in [0.4, 0.5) is 5.69 Å². The largest absolute Gasteiger partial charge is 0.367 e. The fourth-order valence-corrected chi connectivity index (χ4v) is 2.98. The minimum Gasteiger partial charge on any atom is -0.367 e. The van der Waals surface area contributed by atoms with E-state index in [-0.39, 0.29) is 0 Å². The molecule has 0 aliphatic heterocycles. The van der Waals surface area contributed by atoms with Crippen molar-refractivity contribution in [2.45, 2.75) is 64.5 Å². The standard InChI is InChI=1S/C18H29N3/c1-3-11-19-17(4-2)18-10-9-16(12-20-18)21(15-7-8-15)13-14-5-6-14/h9-10,12,14-15,17,19H,3-8,11,13H2,1-2H3. The number of nitrogens with zero attached hydrogens (tertiary/aromatic N) is 2. The zero-order chi connectivity index (χ0) is 14.7. The van der Waals surface area contributed by atoms with Gasteiger partial charge in [-0.05, 0) is 63.1 Å². The Balaban J connectivity index is 1.66. The maximum atomic E-state index is 4.76. The van der Waals surface area contributed by atoms with Gasteiger partial charge in [-0.1, -0.05) is 13.8 Å². The molecule has 1 aromatic rings. The molecular formula is C18H29N3. The van der Waals surface area contributed by atoms with Gasteiger partial charge in [0.2, 0.25) is 0 Å². The Hall–Kier alpha value is -1.09. The zero-order valence-corrected chi connectivity index (χ0v) is 13.5. The summed E-state index contributed by atoms with van der Waals surface area (Å²) >= 11 is 0. The number of pyridine rings is 1. The monoisotopic (exact) mass is 287 g/mol. The molecule has 2 saturated carbocycles. The molecule has 1 N–H and O–H groups in total. The highest BCUT2D eigenvalue weighted by Crippen LogP contribution is 2.37. The lowest BCUT2D eigenvalue weighted by molar-refractivity contribution is 0.507. The number of anilines is 1. The van der Waals surface area contributed by atoms with Crippen LogP contribution in [0, 0.1) is 5.92 Å². The summed E-state index contributed by atoms with van der Waals surface area (Å²) in [5.74, 6) is 0.944. The van der Waals surface area contributed by atoms with Crippen molar-refractivity contribution < 1.29 is 0 Å². The van der Waals surface area contributed by atoms with Crippen molar-refractivity contribution in [1.29, 1.82) is 0 Å². The summed E-state index contributed by atoms with van der Waals surface area (Å²) in [6.07, 6.45) is 9.95. The summed E-state index contributed by atoms with van der Waals surface area (Å²) in [4.78, 5) is 7.36. The van der Waals surface area contributed by atoms with Crippen molar-refractivity contribution in [3.05, 3.63) is 24.0 Å². The van der Waals surface area contributed by atoms with Gasteiger partial charge in [-0.15, -0.1) is 0 Å². The lowest BCUT2D eigenvalue weighted by Gasteiger charge is -2.25. The van der Waals surface area contributed by atoms with Gasteiger partial charge in [-0.2, -0.15) is 0 Å². The van der Waals surface area contributed by atoms with Crippen LogP contribution in [0.25, 0.3) is 0 Å². The van der Waals surface area contributed by atoms with Crippen LogP contribution < -0.4 is 10.2 Å². The zero-order valence-electron chi connectivity index (χ0n) is 13.5. The van der Waals surface area contributed by atoms with E-state index in [9.17, 15) is 0 Å². The van der Waals surface area contributed by atoms with Gasteiger partial charge in [0.25, 0.3) is 0 Å². The van der Waals surface area contributed by atoms with Crippen molar-refractivity contribution in [1.82, 2.24) is 10.3 Å². The first-order chi connectivity index (χ1) is 10.3. The number of aromatic nitrogens is 1. The number of rotatable bonds is 9. The maximum absolute atomic E-state index is 4.76. The first-order valence-corrected chi connectivity index (χ1v) is 8.77. The Kier molecular flexibility index (Phi) is 4.79. The summed E-state index contributed by atoms with van der Waals surface area (Å²) in [7, 11) is 0. The van der Waals surface area contributed by atoms with Crippen LogP contribution in [-0.2, 0) is 0 Å². The average Bonchev–Trinajstić information content (AvgIpc) is 3.39. The van der Waals surface area contributed by atoms with E-state index in [0.29, 0.717) is 6.04 Å². The molecule has 0 bridgehead atoms. The van der Waals surface area contributed by atoms with Crippen LogP contribution in [0.2, 0.25) is 0 Å². The molecule has 0 aromatic carbocycles. The van der Waals surface area contributed by atoms with Gasteiger partial charge in [-0.25, -0.2) is 0 Å². The smallest absolute Gasteiger partial charge is 0.0574 e. The molecule has 1 atom stereocenters. The SMILES string of the molecule is CCCNC(CC)c1ccc(N(CC2CC2)C2CC2)cn1. The Morgan fingerprint density at radius 1 is 1.24 bits per heavy atom. The molecule has 0 spiro atoms. The summed E-state index contributed by atoms with van der Waals surface area (Å²) < 4.78 is 0. The molecule has 1 heterocycles. The molecule has 0 saturated heterocycles. The van der Waals surface area contributed by atoms with Crippen molar-refractivity contribution in [2.75, 3.05) is 18.0 Å². The quantitative estimate of drug-likeness (QED) is 0.746. The highest BCUT2D eigenvalue weighted by molar-refractivity contribution is 5.47. The van der Waals surface area contributed by atoms with E-state index in [0.717, 1.165) is 24.9 Å². The summed E-state index contributed by atoms with van der Waals surface area (Å²) in [5.41, 5.74) is 2.52. The third-order valence-electron chi connectivity index (χ3n) is 4.65. The molecule has 3 heteroatoms. The van der Waals surface area contributed by atoms with Crippen molar-refractivity contribution in [3.8, 4) is 0 Å². The van der Waals surface area contributed by atoms with E-state index in [2.05, 4.69) is 42.4 Å². The predicted molar refractivity (Wildman–Crippen MR) is 88.7 cm³/mol. The molecular weight excluding hydrogens is 258 g/mol. The molecule has 0 radical (unpaired) electrons. The predicted octanol–water partition coefficient (Wildman–Crippen LogP) is 3.91. The molecule has 21 heavy (non-hydrogen) atoms. The third kappa shape index (κ3) is 3.97. The first-order valence-electron chi connectivity index (χ1n) is 8.77. The Bertz CT molecular complexity index is 434. The van der Waals surface area contributed by atoms with E-state index >= 15 is 0 Å². The second-order valence-electron chi connectivity index (χ2n) is 6.68. The fraction of sp³-hybridized carbons (Fsp3) is 0.722. The molecule has 3 rings (SSSR count). The van der Waals surface area contributed by atoms with E-state index in [4.69, 9.17) is 4.98 Å². The van der Waals surface area contributed by atoms with Crippen LogP contribution in [0.15, 0.2) is 18.3 Å². The molecule has 1 unspecified atom stereocenters. The van der Waals surface area contributed by atoms with Crippen LogP contribution in [0.1, 0.15) is 64.1 Å². The number of hydrogen-bond donors (Lipinski definition) is 1. The number of hydrogen-bond acceptors (Lipinski definition) is 3. The molecule has 2 aliphatic rings. The van der Waals surface area contributed by atoms with Gasteiger partial charge >= 0.3 is 0 Å². The third-order valence-corrected chi connectivity index (χ3v) is 4.65. The molecule has 3 nitrogen and oxygen atoms in total. The maximum Gasteiger partial charge on any atom is 0.0574 e. The Labute approximate surface area is 129 Å². The van der Waals surface area contributed by atoms with Crippen molar-refractivity contribution in [3.63, 3.8) is 0 Å². The summed E-state index contributed by atoms with van der Waals surface area (Å²) in [5, 5.41) is 3.59. The van der Waals surface area contributed by atoms with Crippen LogP contribution in [-0.4, -0.2) is 24.1 Å². The van der Waals surface area contributed by atoms with E-state index in [1.807, 2.05) is 0 Å². The Morgan fingerprint density at radius 2 is 2.05 bits per heavy atom. The highest BCUT2D eigenvalue weighted by Gasteiger charge is 2.33. The van der Waals surface area contributed by atoms with Gasteiger partial charge in [0.1, 0.15) is 0 Å². The molecule has 2 aliphatic carbocycles. The summed E-state index contributed by atoms with van der Waals surface area (Å²) in [6.45, 7) is 6.75. The summed E-state index contributed by atoms with van der Waals surface area (Å²) in [6, 6.07) is 5.71. The second-order valence-corrected chi connectivity index (χ2v) is 6.68. The van der Waals surface area contributed by atoms with E-state index < -0.39 is 0 Å². The lowest BCUT2D eigenvalue weighted by Crippen LogP contribution is -2.28. The first kappa shape index (κ1) is 14.8.